The van der Waals surface area contributed by atoms with Crippen molar-refractivity contribution in [3.8, 4) is 39.3 Å². The molecule has 0 saturated heterocycles. The molecule has 0 amide bonds. The first kappa shape index (κ1) is 44.3. The molecular weight excluding hydrogens is 998 g/mol. The van der Waals surface area contributed by atoms with Crippen LogP contribution in [0.2, 0.25) is 0 Å². The van der Waals surface area contributed by atoms with Gasteiger partial charge in [-0.3, -0.25) is 4.57 Å². The van der Waals surface area contributed by atoms with Crippen LogP contribution in [-0.4, -0.2) is 14.5 Å². The molecule has 0 N–H and O–H groups in total. The van der Waals surface area contributed by atoms with Crippen molar-refractivity contribution in [3.05, 3.63) is 192 Å². The molecule has 1 aliphatic rings. The summed E-state index contributed by atoms with van der Waals surface area (Å²) in [7, 11) is 0. The van der Waals surface area contributed by atoms with E-state index < -0.39 is 0 Å². The van der Waals surface area contributed by atoms with Crippen molar-refractivity contribution in [2.24, 2.45) is 0 Å². The first-order chi connectivity index (χ1) is 31.8. The van der Waals surface area contributed by atoms with Crippen molar-refractivity contribution >= 4 is 50.0 Å². The third kappa shape index (κ3) is 7.43. The van der Waals surface area contributed by atoms with Gasteiger partial charge in [-0.05, 0) is 109 Å². The second-order valence-electron chi connectivity index (χ2n) is 20.3. The zero-order valence-electron chi connectivity index (χ0n) is 39.7. The number of anilines is 3. The molecule has 0 bridgehead atoms. The molecule has 0 fully saturated rings. The van der Waals surface area contributed by atoms with Crippen molar-refractivity contribution in [3.63, 3.8) is 0 Å². The van der Waals surface area contributed by atoms with Gasteiger partial charge in [-0.25, -0.2) is 9.97 Å². The summed E-state index contributed by atoms with van der Waals surface area (Å²) in [6, 6.07) is 59.1. The van der Waals surface area contributed by atoms with Gasteiger partial charge >= 0.3 is 21.1 Å². The van der Waals surface area contributed by atoms with Crippen molar-refractivity contribution < 1.29 is 21.1 Å². The average molecular weight is 1050 g/mol. The molecule has 6 heteroatoms. The monoisotopic (exact) mass is 1050 g/mol. The number of nitrogens with zero attached hydrogens (tertiary/aromatic N) is 5. The molecule has 11 rings (SSSR count). The maximum absolute atomic E-state index is 5.74. The van der Waals surface area contributed by atoms with Gasteiger partial charge in [0.2, 0.25) is 0 Å². The van der Waals surface area contributed by atoms with Gasteiger partial charge in [0, 0.05) is 23.1 Å². The minimum absolute atomic E-state index is 0. The van der Waals surface area contributed by atoms with E-state index in [1.807, 2.05) is 6.20 Å². The zero-order chi connectivity index (χ0) is 45.6. The topological polar surface area (TPSA) is 48.1 Å². The van der Waals surface area contributed by atoms with E-state index in [0.717, 1.165) is 84.0 Å². The molecule has 3 aromatic heterocycles. The number of benzene rings is 7. The van der Waals surface area contributed by atoms with Crippen LogP contribution in [0.5, 0.6) is 0 Å². The van der Waals surface area contributed by atoms with Crippen molar-refractivity contribution in [2.75, 3.05) is 4.90 Å². The van der Waals surface area contributed by atoms with Crippen LogP contribution in [0, 0.1) is 6.07 Å². The van der Waals surface area contributed by atoms with Crippen LogP contribution < -0.4 is 9.88 Å². The summed E-state index contributed by atoms with van der Waals surface area (Å²) < 4.78 is 2.38. The molecule has 334 valence electrons. The van der Waals surface area contributed by atoms with E-state index in [1.54, 1.807) is 0 Å². The Kier molecular flexibility index (Phi) is 11.0. The van der Waals surface area contributed by atoms with Gasteiger partial charge in [0.15, 0.2) is 0 Å². The van der Waals surface area contributed by atoms with Gasteiger partial charge in [-0.1, -0.05) is 177 Å². The van der Waals surface area contributed by atoms with E-state index in [-0.39, 0.29) is 31.9 Å². The maximum atomic E-state index is 5.74. The Morgan fingerprint density at radius 2 is 1.36 bits per heavy atom. The minimum Gasteiger partial charge on any atom is -0.656 e. The van der Waals surface area contributed by atoms with E-state index in [2.05, 4.69) is 230 Å². The summed E-state index contributed by atoms with van der Waals surface area (Å²) in [6.45, 7) is 20.6. The van der Waals surface area contributed by atoms with Crippen molar-refractivity contribution in [1.82, 2.24) is 19.5 Å². The van der Waals surface area contributed by atoms with Crippen LogP contribution in [0.15, 0.2) is 158 Å². The number of hydrogen-bond donors (Lipinski definition) is 0. The zero-order valence-corrected chi connectivity index (χ0v) is 42.0. The molecule has 10 aromatic rings. The standard InChI is InChI=1S/C61H55N5.Pt/c1-37(2)42-31-43(38(3)4)33-45(32-42)65-54-24-16-19-46(58(54)64-59(65)48-21-15-20-47-49-36-44(60(5,6)7)26-28-52(49)63-57(47)48)41-25-27-51-55(34-41)66(53-23-14-13-22-50(53)61(51,8)9)56-35-40(29-30-62-56)39-17-11-10-12-18-39;/h10-33,35-38H,1-9H3;/q-2;+2. The molecule has 0 saturated carbocycles. The SMILES string of the molecule is CC(C)c1cc(C(C)C)cc(-n2c(-c3cccc4c3[n-]c3ccc(C(C)(C)C)cc34)nc3c(-c4[c-]c5c(cc4)C(C)(C)c4ccccc4N5c4cc(-c5ccccc5)ccn4)cccc32)c1.[Pt+2]. The molecule has 4 heterocycles. The molecule has 1 aliphatic heterocycles. The number of pyridine rings is 1. The summed E-state index contributed by atoms with van der Waals surface area (Å²) in [5.41, 5.74) is 18.5. The normalized spacial score (nSPS) is 13.4. The fourth-order valence-electron chi connectivity index (χ4n) is 10.1. The van der Waals surface area contributed by atoms with Crippen LogP contribution in [0.3, 0.4) is 0 Å². The quantitative estimate of drug-likeness (QED) is 0.149. The molecule has 0 unspecified atom stereocenters. The first-order valence-corrected chi connectivity index (χ1v) is 23.4. The van der Waals surface area contributed by atoms with Gasteiger partial charge < -0.3 is 9.88 Å². The summed E-state index contributed by atoms with van der Waals surface area (Å²) in [5.74, 6) is 2.42. The second kappa shape index (κ2) is 16.6. The van der Waals surface area contributed by atoms with Crippen molar-refractivity contribution in [2.45, 2.75) is 85.0 Å². The summed E-state index contributed by atoms with van der Waals surface area (Å²) in [5, 5.41) is 2.32. The Labute approximate surface area is 409 Å². The molecule has 0 atom stereocenters. The smallest absolute Gasteiger partial charge is 0.656 e. The van der Waals surface area contributed by atoms with Gasteiger partial charge in [0.1, 0.15) is 11.6 Å². The number of hydrogen-bond acceptors (Lipinski definition) is 3. The summed E-state index contributed by atoms with van der Waals surface area (Å²) in [6.07, 6.45) is 1.92. The van der Waals surface area contributed by atoms with E-state index >= 15 is 0 Å². The molecule has 7 aromatic carbocycles. The van der Waals surface area contributed by atoms with E-state index in [0.29, 0.717) is 11.8 Å². The van der Waals surface area contributed by atoms with E-state index in [9.17, 15) is 0 Å². The average Bonchev–Trinajstić information content (AvgIpc) is 3.90. The van der Waals surface area contributed by atoms with E-state index in [1.165, 1.54) is 33.2 Å². The van der Waals surface area contributed by atoms with Gasteiger partial charge in [-0.2, -0.15) is 0 Å². The minimum atomic E-state index is -0.285. The number of para-hydroxylation sites is 3. The third-order valence-corrected chi connectivity index (χ3v) is 13.9. The molecule has 0 spiro atoms. The predicted molar refractivity (Wildman–Crippen MR) is 276 cm³/mol. The maximum Gasteiger partial charge on any atom is 2.00 e. The fourth-order valence-corrected chi connectivity index (χ4v) is 10.1. The van der Waals surface area contributed by atoms with E-state index in [4.69, 9.17) is 15.0 Å². The number of fused-ring (bicyclic) bond motifs is 6. The fraction of sp³-hybridized carbons (Fsp3) is 0.213. The van der Waals surface area contributed by atoms with Crippen LogP contribution in [0.25, 0.3) is 72.2 Å². The summed E-state index contributed by atoms with van der Waals surface area (Å²) in [4.78, 5) is 18.5. The largest absolute Gasteiger partial charge is 2.00 e. The number of imidazole rings is 1. The molecule has 67 heavy (non-hydrogen) atoms. The first-order valence-electron chi connectivity index (χ1n) is 23.4. The van der Waals surface area contributed by atoms with Crippen LogP contribution in [0.1, 0.15) is 102 Å². The third-order valence-electron chi connectivity index (χ3n) is 13.9. The Bertz CT molecular complexity index is 3480. The Balaban J connectivity index is 0.00000525. The summed E-state index contributed by atoms with van der Waals surface area (Å²) >= 11 is 0. The molecular formula is C61H55N5Pt. The molecule has 0 radical (unpaired) electrons. The van der Waals surface area contributed by atoms with Crippen LogP contribution in [-0.2, 0) is 31.9 Å². The molecule has 5 nitrogen and oxygen atoms in total. The van der Waals surface area contributed by atoms with Gasteiger partial charge in [-0.15, -0.1) is 34.8 Å². The Morgan fingerprint density at radius 1 is 0.642 bits per heavy atom. The van der Waals surface area contributed by atoms with Gasteiger partial charge in [0.05, 0.1) is 11.0 Å². The van der Waals surface area contributed by atoms with Gasteiger partial charge in [0.25, 0.3) is 0 Å². The molecule has 0 aliphatic carbocycles. The second-order valence-corrected chi connectivity index (χ2v) is 20.3. The number of rotatable bonds is 7. The Hall–Kier alpha value is -6.55. The van der Waals surface area contributed by atoms with Crippen LogP contribution in [0.4, 0.5) is 17.2 Å². The van der Waals surface area contributed by atoms with Crippen molar-refractivity contribution in [1.29, 1.82) is 0 Å². The Morgan fingerprint density at radius 3 is 2.10 bits per heavy atom. The predicted octanol–water partition coefficient (Wildman–Crippen LogP) is 16.1. The number of aromatic nitrogens is 4. The van der Waals surface area contributed by atoms with Crippen LogP contribution >= 0.6 is 0 Å².